The summed E-state index contributed by atoms with van der Waals surface area (Å²) >= 11 is 2.89. The normalized spacial score (nSPS) is 10.7. The van der Waals surface area contributed by atoms with Gasteiger partial charge in [-0.05, 0) is 49.4 Å². The molecule has 2 amide bonds. The SMILES string of the molecule is Cc1cccc(C(=O)Nc2ccc3nc(SCC(=O)NCCOc4ccccc4)sc3c2)c1. The number of aryl methyl sites for hydroxylation is 1. The van der Waals surface area contributed by atoms with E-state index in [1.54, 1.807) is 6.07 Å². The molecule has 0 aliphatic rings. The first-order valence-electron chi connectivity index (χ1n) is 10.4. The van der Waals surface area contributed by atoms with Crippen LogP contribution in [-0.4, -0.2) is 35.7 Å². The van der Waals surface area contributed by atoms with Crippen LogP contribution in [0.3, 0.4) is 0 Å². The summed E-state index contributed by atoms with van der Waals surface area (Å²) in [6.45, 7) is 2.81. The third-order valence-corrected chi connectivity index (χ3v) is 6.83. The van der Waals surface area contributed by atoms with Gasteiger partial charge in [0.15, 0.2) is 4.34 Å². The fourth-order valence-electron chi connectivity index (χ4n) is 3.09. The first kappa shape index (κ1) is 22.8. The van der Waals surface area contributed by atoms with Crippen molar-refractivity contribution in [2.24, 2.45) is 0 Å². The Bertz CT molecular complexity index is 1260. The van der Waals surface area contributed by atoms with Gasteiger partial charge in [0.25, 0.3) is 5.91 Å². The molecule has 8 heteroatoms. The van der Waals surface area contributed by atoms with Crippen molar-refractivity contribution in [1.29, 1.82) is 0 Å². The van der Waals surface area contributed by atoms with Crippen LogP contribution in [0, 0.1) is 6.92 Å². The largest absolute Gasteiger partial charge is 0.492 e. The number of carbonyl (C=O) groups is 2. The van der Waals surface area contributed by atoms with Crippen LogP contribution in [0.1, 0.15) is 15.9 Å². The number of anilines is 1. The van der Waals surface area contributed by atoms with Crippen LogP contribution in [0.5, 0.6) is 5.75 Å². The van der Waals surface area contributed by atoms with Crippen LogP contribution in [0.4, 0.5) is 5.69 Å². The van der Waals surface area contributed by atoms with Gasteiger partial charge in [0.05, 0.1) is 22.5 Å². The molecule has 2 N–H and O–H groups in total. The standard InChI is InChI=1S/C25H23N3O3S2/c1-17-6-5-7-18(14-17)24(30)27-19-10-11-21-22(15-19)33-25(28-21)32-16-23(29)26-12-13-31-20-8-3-2-4-9-20/h2-11,14-15H,12-13,16H2,1H3,(H,26,29)(H,27,30). The lowest BCUT2D eigenvalue weighted by Gasteiger charge is -2.07. The molecule has 168 valence electrons. The van der Waals surface area contributed by atoms with Gasteiger partial charge in [-0.1, -0.05) is 47.7 Å². The van der Waals surface area contributed by atoms with Crippen molar-refractivity contribution in [3.63, 3.8) is 0 Å². The Balaban J connectivity index is 1.26. The number of benzene rings is 3. The maximum atomic E-state index is 12.5. The van der Waals surface area contributed by atoms with Gasteiger partial charge in [0.2, 0.25) is 5.91 Å². The number of nitrogens with zero attached hydrogens (tertiary/aromatic N) is 1. The number of para-hydroxylation sites is 1. The second kappa shape index (κ2) is 11.0. The molecule has 0 bridgehead atoms. The van der Waals surface area contributed by atoms with Gasteiger partial charge in [-0.15, -0.1) is 11.3 Å². The van der Waals surface area contributed by atoms with E-state index >= 15 is 0 Å². The molecule has 1 aromatic heterocycles. The molecule has 0 aliphatic heterocycles. The number of ether oxygens (including phenoxy) is 1. The summed E-state index contributed by atoms with van der Waals surface area (Å²) in [5, 5.41) is 5.79. The average molecular weight is 478 g/mol. The van der Waals surface area contributed by atoms with E-state index in [4.69, 9.17) is 4.74 Å². The van der Waals surface area contributed by atoms with Gasteiger partial charge in [0, 0.05) is 11.3 Å². The number of hydrogen-bond acceptors (Lipinski definition) is 6. The number of rotatable bonds is 9. The molecule has 4 rings (SSSR count). The number of hydrogen-bond donors (Lipinski definition) is 2. The summed E-state index contributed by atoms with van der Waals surface area (Å²) in [5.74, 6) is 0.847. The Hall–Kier alpha value is -3.36. The summed E-state index contributed by atoms with van der Waals surface area (Å²) in [6.07, 6.45) is 0. The Morgan fingerprint density at radius 2 is 1.88 bits per heavy atom. The van der Waals surface area contributed by atoms with Crippen LogP contribution in [-0.2, 0) is 4.79 Å². The second-order valence-corrected chi connectivity index (χ2v) is 9.54. The number of aromatic nitrogens is 1. The van der Waals surface area contributed by atoms with Gasteiger partial charge in [-0.25, -0.2) is 4.98 Å². The van der Waals surface area contributed by atoms with Crippen molar-refractivity contribution in [2.75, 3.05) is 24.2 Å². The highest BCUT2D eigenvalue weighted by atomic mass is 32.2. The van der Waals surface area contributed by atoms with Crippen molar-refractivity contribution < 1.29 is 14.3 Å². The maximum absolute atomic E-state index is 12.5. The topological polar surface area (TPSA) is 80.3 Å². The van der Waals surface area contributed by atoms with Gasteiger partial charge < -0.3 is 15.4 Å². The van der Waals surface area contributed by atoms with E-state index in [2.05, 4.69) is 15.6 Å². The highest BCUT2D eigenvalue weighted by molar-refractivity contribution is 8.01. The van der Waals surface area contributed by atoms with E-state index in [0.717, 1.165) is 25.9 Å². The van der Waals surface area contributed by atoms with E-state index in [9.17, 15) is 9.59 Å². The predicted octanol–water partition coefficient (Wildman–Crippen LogP) is 5.14. The fraction of sp³-hybridized carbons (Fsp3) is 0.160. The van der Waals surface area contributed by atoms with Crippen LogP contribution >= 0.6 is 23.1 Å². The Morgan fingerprint density at radius 3 is 2.70 bits per heavy atom. The van der Waals surface area contributed by atoms with Crippen molar-refractivity contribution in [3.05, 3.63) is 83.9 Å². The third-order valence-electron chi connectivity index (χ3n) is 4.67. The van der Waals surface area contributed by atoms with Gasteiger partial charge in [-0.3, -0.25) is 9.59 Å². The van der Waals surface area contributed by atoms with E-state index in [1.165, 1.54) is 23.1 Å². The minimum atomic E-state index is -0.148. The highest BCUT2D eigenvalue weighted by Gasteiger charge is 2.10. The average Bonchev–Trinajstić information content (AvgIpc) is 3.23. The van der Waals surface area contributed by atoms with Crippen LogP contribution in [0.15, 0.2) is 77.1 Å². The quantitative estimate of drug-likeness (QED) is 0.258. The lowest BCUT2D eigenvalue weighted by atomic mass is 10.1. The fourth-order valence-corrected chi connectivity index (χ4v) is 5.02. The summed E-state index contributed by atoms with van der Waals surface area (Å²) in [4.78, 5) is 29.2. The first-order valence-corrected chi connectivity index (χ1v) is 12.2. The van der Waals surface area contributed by atoms with Crippen molar-refractivity contribution in [3.8, 4) is 5.75 Å². The summed E-state index contributed by atoms with van der Waals surface area (Å²) in [6, 6.07) is 22.6. The smallest absolute Gasteiger partial charge is 0.255 e. The molecule has 1 heterocycles. The zero-order valence-electron chi connectivity index (χ0n) is 18.0. The number of thiazole rings is 1. The number of carbonyl (C=O) groups excluding carboxylic acids is 2. The van der Waals surface area contributed by atoms with E-state index < -0.39 is 0 Å². The molecule has 0 saturated carbocycles. The van der Waals surface area contributed by atoms with Gasteiger partial charge >= 0.3 is 0 Å². The van der Waals surface area contributed by atoms with E-state index in [1.807, 2.05) is 73.7 Å². The number of thioether (sulfide) groups is 1. The molecule has 6 nitrogen and oxygen atoms in total. The Kier molecular flexibility index (Phi) is 7.59. The lowest BCUT2D eigenvalue weighted by molar-refractivity contribution is -0.118. The summed E-state index contributed by atoms with van der Waals surface area (Å²) in [5.41, 5.74) is 3.21. The molecule has 0 radical (unpaired) electrons. The molecule has 0 saturated heterocycles. The van der Waals surface area contributed by atoms with Gasteiger partial charge in [0.1, 0.15) is 12.4 Å². The molecular formula is C25H23N3O3S2. The summed E-state index contributed by atoms with van der Waals surface area (Å²) in [7, 11) is 0. The second-order valence-electron chi connectivity index (χ2n) is 7.29. The zero-order valence-corrected chi connectivity index (χ0v) is 19.7. The number of fused-ring (bicyclic) bond motifs is 1. The molecule has 4 aromatic rings. The molecular weight excluding hydrogens is 454 g/mol. The molecule has 0 spiro atoms. The predicted molar refractivity (Wildman–Crippen MR) is 134 cm³/mol. The van der Waals surface area contributed by atoms with Gasteiger partial charge in [-0.2, -0.15) is 0 Å². The molecule has 0 atom stereocenters. The lowest BCUT2D eigenvalue weighted by Crippen LogP contribution is -2.29. The number of amides is 2. The first-order chi connectivity index (χ1) is 16.1. The molecule has 3 aromatic carbocycles. The Labute approximate surface area is 200 Å². The van der Waals surface area contributed by atoms with Crippen LogP contribution in [0.25, 0.3) is 10.2 Å². The number of nitrogens with one attached hydrogen (secondary N) is 2. The molecule has 33 heavy (non-hydrogen) atoms. The zero-order chi connectivity index (χ0) is 23.0. The minimum Gasteiger partial charge on any atom is -0.492 e. The molecule has 0 unspecified atom stereocenters. The Morgan fingerprint density at radius 1 is 1.03 bits per heavy atom. The highest BCUT2D eigenvalue weighted by Crippen LogP contribution is 2.31. The van der Waals surface area contributed by atoms with Crippen LogP contribution < -0.4 is 15.4 Å². The monoisotopic (exact) mass is 477 g/mol. The van der Waals surface area contributed by atoms with Crippen molar-refractivity contribution in [1.82, 2.24) is 10.3 Å². The molecule has 0 fully saturated rings. The summed E-state index contributed by atoms with van der Waals surface area (Å²) < 4.78 is 7.33. The minimum absolute atomic E-state index is 0.0676. The van der Waals surface area contributed by atoms with E-state index in [0.29, 0.717) is 24.4 Å². The van der Waals surface area contributed by atoms with E-state index in [-0.39, 0.29) is 17.6 Å². The molecule has 0 aliphatic carbocycles. The van der Waals surface area contributed by atoms with Crippen molar-refractivity contribution in [2.45, 2.75) is 11.3 Å². The van der Waals surface area contributed by atoms with Crippen molar-refractivity contribution >= 4 is 50.8 Å². The maximum Gasteiger partial charge on any atom is 0.255 e. The third kappa shape index (κ3) is 6.57. The van der Waals surface area contributed by atoms with Crippen LogP contribution in [0.2, 0.25) is 0 Å².